The van der Waals surface area contributed by atoms with Gasteiger partial charge in [0, 0.05) is 17.8 Å². The van der Waals surface area contributed by atoms with Crippen LogP contribution in [0.2, 0.25) is 0 Å². The van der Waals surface area contributed by atoms with Crippen molar-refractivity contribution in [2.24, 2.45) is 5.92 Å². The molecule has 0 atom stereocenters. The van der Waals surface area contributed by atoms with Crippen LogP contribution in [0.25, 0.3) is 11.3 Å². The van der Waals surface area contributed by atoms with Gasteiger partial charge >= 0.3 is 5.97 Å². The van der Waals surface area contributed by atoms with Gasteiger partial charge in [-0.1, -0.05) is 30.3 Å². The second kappa shape index (κ2) is 6.12. The van der Waals surface area contributed by atoms with Gasteiger partial charge in [0.15, 0.2) is 0 Å². The summed E-state index contributed by atoms with van der Waals surface area (Å²) in [7, 11) is 1.47. The second-order valence-corrected chi connectivity index (χ2v) is 5.60. The number of aromatic nitrogens is 2. The van der Waals surface area contributed by atoms with Gasteiger partial charge in [0.25, 0.3) is 0 Å². The molecule has 3 rings (SSSR count). The van der Waals surface area contributed by atoms with Gasteiger partial charge in [-0.3, -0.25) is 4.79 Å². The van der Waals surface area contributed by atoms with E-state index in [4.69, 9.17) is 4.74 Å². The van der Waals surface area contributed by atoms with E-state index >= 15 is 0 Å². The molecule has 1 fully saturated rings. The van der Waals surface area contributed by atoms with Crippen molar-refractivity contribution >= 4 is 5.97 Å². The van der Waals surface area contributed by atoms with Crippen molar-refractivity contribution in [2.45, 2.75) is 31.7 Å². The SMILES string of the molecule is COC(=O)C1CCC(n2cnc(-c3ccccc3)c2)CC1. The number of esters is 1. The fourth-order valence-electron chi connectivity index (χ4n) is 3.07. The van der Waals surface area contributed by atoms with Crippen LogP contribution >= 0.6 is 0 Å². The normalized spacial score (nSPS) is 22.0. The number of rotatable bonds is 3. The van der Waals surface area contributed by atoms with Gasteiger partial charge in [0.05, 0.1) is 25.0 Å². The maximum absolute atomic E-state index is 11.6. The van der Waals surface area contributed by atoms with Crippen LogP contribution in [0.1, 0.15) is 31.7 Å². The van der Waals surface area contributed by atoms with E-state index in [0.29, 0.717) is 6.04 Å². The third-order valence-corrected chi connectivity index (χ3v) is 4.32. The Morgan fingerprint density at radius 3 is 2.57 bits per heavy atom. The van der Waals surface area contributed by atoms with Crippen LogP contribution in [-0.2, 0) is 9.53 Å². The lowest BCUT2D eigenvalue weighted by molar-refractivity contribution is -0.146. The van der Waals surface area contributed by atoms with Gasteiger partial charge in [-0.15, -0.1) is 0 Å². The molecule has 1 aliphatic rings. The van der Waals surface area contributed by atoms with E-state index < -0.39 is 0 Å². The van der Waals surface area contributed by atoms with E-state index in [9.17, 15) is 4.79 Å². The molecule has 1 heterocycles. The number of ether oxygens (including phenoxy) is 1. The van der Waals surface area contributed by atoms with Gasteiger partial charge in [-0.2, -0.15) is 0 Å². The molecule has 1 aromatic carbocycles. The summed E-state index contributed by atoms with van der Waals surface area (Å²) in [6.45, 7) is 0. The molecule has 110 valence electrons. The molecule has 0 amide bonds. The quantitative estimate of drug-likeness (QED) is 0.811. The van der Waals surface area contributed by atoms with Gasteiger partial charge < -0.3 is 9.30 Å². The zero-order valence-electron chi connectivity index (χ0n) is 12.2. The fourth-order valence-corrected chi connectivity index (χ4v) is 3.07. The lowest BCUT2D eigenvalue weighted by atomic mass is 9.86. The summed E-state index contributed by atoms with van der Waals surface area (Å²) in [6.07, 6.45) is 7.82. The first-order valence-corrected chi connectivity index (χ1v) is 7.44. The van der Waals surface area contributed by atoms with Crippen molar-refractivity contribution in [2.75, 3.05) is 7.11 Å². The smallest absolute Gasteiger partial charge is 0.308 e. The molecular formula is C17H20N2O2. The van der Waals surface area contributed by atoms with Crippen molar-refractivity contribution in [3.05, 3.63) is 42.9 Å². The van der Waals surface area contributed by atoms with Gasteiger partial charge in [0.2, 0.25) is 0 Å². The summed E-state index contributed by atoms with van der Waals surface area (Å²) in [6, 6.07) is 10.6. The molecule has 21 heavy (non-hydrogen) atoms. The molecule has 1 saturated carbocycles. The number of hydrogen-bond donors (Lipinski definition) is 0. The van der Waals surface area contributed by atoms with Crippen LogP contribution in [0.5, 0.6) is 0 Å². The molecule has 0 spiro atoms. The van der Waals surface area contributed by atoms with Crippen molar-refractivity contribution in [3.63, 3.8) is 0 Å². The van der Waals surface area contributed by atoms with E-state index in [-0.39, 0.29) is 11.9 Å². The molecule has 4 heteroatoms. The highest BCUT2D eigenvalue weighted by Crippen LogP contribution is 2.33. The van der Waals surface area contributed by atoms with E-state index in [2.05, 4.69) is 27.9 Å². The number of imidazole rings is 1. The predicted molar refractivity (Wildman–Crippen MR) is 80.7 cm³/mol. The number of hydrogen-bond acceptors (Lipinski definition) is 3. The largest absolute Gasteiger partial charge is 0.469 e. The van der Waals surface area contributed by atoms with Crippen LogP contribution in [-0.4, -0.2) is 22.6 Å². The number of carbonyl (C=O) groups is 1. The predicted octanol–water partition coefficient (Wildman–Crippen LogP) is 3.45. The Balaban J connectivity index is 1.67. The summed E-state index contributed by atoms with van der Waals surface area (Å²) >= 11 is 0. The first kappa shape index (κ1) is 13.9. The monoisotopic (exact) mass is 284 g/mol. The highest BCUT2D eigenvalue weighted by atomic mass is 16.5. The molecule has 0 bridgehead atoms. The topological polar surface area (TPSA) is 44.1 Å². The Morgan fingerprint density at radius 2 is 1.90 bits per heavy atom. The molecule has 0 radical (unpaired) electrons. The zero-order chi connectivity index (χ0) is 14.7. The van der Waals surface area contributed by atoms with Gasteiger partial charge in [-0.05, 0) is 25.7 Å². The summed E-state index contributed by atoms with van der Waals surface area (Å²) in [4.78, 5) is 16.1. The number of carbonyl (C=O) groups excluding carboxylic acids is 1. The van der Waals surface area contributed by atoms with Crippen LogP contribution < -0.4 is 0 Å². The highest BCUT2D eigenvalue weighted by Gasteiger charge is 2.27. The maximum atomic E-state index is 11.6. The molecule has 0 unspecified atom stereocenters. The summed E-state index contributed by atoms with van der Waals surface area (Å²) in [5, 5.41) is 0. The van der Waals surface area contributed by atoms with E-state index in [1.165, 1.54) is 7.11 Å². The van der Waals surface area contributed by atoms with Crippen molar-refractivity contribution in [1.29, 1.82) is 0 Å². The minimum Gasteiger partial charge on any atom is -0.469 e. The maximum Gasteiger partial charge on any atom is 0.308 e. The lowest BCUT2D eigenvalue weighted by Gasteiger charge is -2.27. The Hall–Kier alpha value is -2.10. The molecular weight excluding hydrogens is 264 g/mol. The molecule has 0 saturated heterocycles. The standard InChI is InChI=1S/C17H20N2O2/c1-21-17(20)14-7-9-15(10-8-14)19-11-16(18-12-19)13-5-3-2-4-6-13/h2-6,11-12,14-15H,7-10H2,1H3. The van der Waals surface area contributed by atoms with Crippen LogP contribution in [0.15, 0.2) is 42.9 Å². The molecule has 2 aromatic rings. The Bertz CT molecular complexity index is 598. The van der Waals surface area contributed by atoms with Crippen molar-refractivity contribution in [3.8, 4) is 11.3 Å². The van der Waals surface area contributed by atoms with Gasteiger partial charge in [0.1, 0.15) is 0 Å². The molecule has 1 aromatic heterocycles. The first-order chi connectivity index (χ1) is 10.3. The average Bonchev–Trinajstić information content (AvgIpc) is 3.05. The van der Waals surface area contributed by atoms with Crippen LogP contribution in [0.3, 0.4) is 0 Å². The van der Waals surface area contributed by atoms with Crippen molar-refractivity contribution < 1.29 is 9.53 Å². The molecule has 4 nitrogen and oxygen atoms in total. The highest BCUT2D eigenvalue weighted by molar-refractivity contribution is 5.72. The van der Waals surface area contributed by atoms with E-state index in [1.54, 1.807) is 0 Å². The molecule has 1 aliphatic carbocycles. The third kappa shape index (κ3) is 2.99. The Morgan fingerprint density at radius 1 is 1.19 bits per heavy atom. The van der Waals surface area contributed by atoms with E-state index in [1.807, 2.05) is 24.5 Å². The third-order valence-electron chi connectivity index (χ3n) is 4.32. The van der Waals surface area contributed by atoms with Crippen LogP contribution in [0.4, 0.5) is 0 Å². The number of nitrogens with zero attached hydrogens (tertiary/aromatic N) is 2. The van der Waals surface area contributed by atoms with Crippen LogP contribution in [0, 0.1) is 5.92 Å². The fraction of sp³-hybridized carbons (Fsp3) is 0.412. The lowest BCUT2D eigenvalue weighted by Crippen LogP contribution is -2.24. The van der Waals surface area contributed by atoms with Crippen molar-refractivity contribution in [1.82, 2.24) is 9.55 Å². The summed E-state index contributed by atoms with van der Waals surface area (Å²) in [5.41, 5.74) is 2.14. The summed E-state index contributed by atoms with van der Waals surface area (Å²) < 4.78 is 7.02. The zero-order valence-corrected chi connectivity index (χ0v) is 12.2. The second-order valence-electron chi connectivity index (χ2n) is 5.60. The number of methoxy groups -OCH3 is 1. The first-order valence-electron chi connectivity index (χ1n) is 7.44. The molecule has 0 aliphatic heterocycles. The minimum absolute atomic E-state index is 0.0657. The Labute approximate surface area is 124 Å². The Kier molecular flexibility index (Phi) is 4.04. The number of benzene rings is 1. The molecule has 0 N–H and O–H groups in total. The minimum atomic E-state index is -0.0657. The average molecular weight is 284 g/mol. The summed E-state index contributed by atoms with van der Waals surface area (Å²) in [5.74, 6) is 0.00687. The van der Waals surface area contributed by atoms with E-state index in [0.717, 1.165) is 36.9 Å². The van der Waals surface area contributed by atoms with Gasteiger partial charge in [-0.25, -0.2) is 4.98 Å².